The number of hydrogen-bond acceptors (Lipinski definition) is 5. The van der Waals surface area contributed by atoms with Crippen LogP contribution in [-0.4, -0.2) is 40.3 Å². The molecule has 1 aliphatic heterocycles. The first kappa shape index (κ1) is 21.6. The summed E-state index contributed by atoms with van der Waals surface area (Å²) in [7, 11) is 0. The zero-order chi connectivity index (χ0) is 22.3. The molecule has 2 unspecified atom stereocenters. The van der Waals surface area contributed by atoms with E-state index in [1.807, 2.05) is 24.3 Å². The Morgan fingerprint density at radius 1 is 0.969 bits per heavy atom. The summed E-state index contributed by atoms with van der Waals surface area (Å²) < 4.78 is 0. The Balaban J connectivity index is 1.53. The molecular weight excluding hydrogens is 404 g/mol. The average molecular weight is 439 g/mol. The van der Waals surface area contributed by atoms with Crippen LogP contribution in [0.5, 0.6) is 0 Å². The molecule has 3 N–H and O–H groups in total. The van der Waals surface area contributed by atoms with Gasteiger partial charge >= 0.3 is 5.97 Å². The molecule has 6 heteroatoms. The number of anilines is 1. The van der Waals surface area contributed by atoms with Crippen molar-refractivity contribution < 1.29 is 19.5 Å². The van der Waals surface area contributed by atoms with Gasteiger partial charge in [-0.1, -0.05) is 43.9 Å². The Labute approximate surface area is 189 Å². The minimum absolute atomic E-state index is 0.102. The van der Waals surface area contributed by atoms with Crippen LogP contribution in [0, 0.1) is 11.8 Å². The molecule has 1 aromatic carbocycles. The van der Waals surface area contributed by atoms with Crippen LogP contribution in [0.3, 0.4) is 0 Å². The number of ketones is 2. The lowest BCUT2D eigenvalue weighted by molar-refractivity contribution is -0.151. The summed E-state index contributed by atoms with van der Waals surface area (Å²) in [6.07, 6.45) is 9.11. The molecule has 1 aromatic rings. The van der Waals surface area contributed by atoms with Crippen molar-refractivity contribution in [3.63, 3.8) is 0 Å². The van der Waals surface area contributed by atoms with Crippen LogP contribution in [-0.2, 0) is 14.4 Å². The highest BCUT2D eigenvalue weighted by molar-refractivity contribution is 6.38. The quantitative estimate of drug-likeness (QED) is 0.530. The lowest BCUT2D eigenvalue weighted by Crippen LogP contribution is -2.62. The van der Waals surface area contributed by atoms with Crippen molar-refractivity contribution in [1.82, 2.24) is 5.32 Å². The van der Waals surface area contributed by atoms with Gasteiger partial charge in [0.15, 0.2) is 0 Å². The number of Topliss-reactive ketones (excluding diaryl/α,β-unsaturated/α-hetero) is 2. The second-order valence-electron chi connectivity index (χ2n) is 10.4. The Morgan fingerprint density at radius 3 is 2.44 bits per heavy atom. The van der Waals surface area contributed by atoms with Gasteiger partial charge in [-0.15, -0.1) is 0 Å². The molecule has 1 heterocycles. The molecule has 4 aliphatic rings. The van der Waals surface area contributed by atoms with Gasteiger partial charge in [0.25, 0.3) is 0 Å². The minimum atomic E-state index is -1.45. The van der Waals surface area contributed by atoms with E-state index in [1.165, 1.54) is 0 Å². The van der Waals surface area contributed by atoms with Crippen molar-refractivity contribution in [1.29, 1.82) is 0 Å². The topological polar surface area (TPSA) is 95.5 Å². The van der Waals surface area contributed by atoms with Crippen LogP contribution in [0.15, 0.2) is 24.3 Å². The van der Waals surface area contributed by atoms with Crippen LogP contribution in [0.1, 0.15) is 82.1 Å². The van der Waals surface area contributed by atoms with E-state index in [0.29, 0.717) is 0 Å². The molecule has 4 atom stereocenters. The van der Waals surface area contributed by atoms with Crippen LogP contribution < -0.4 is 10.6 Å². The molecule has 3 fully saturated rings. The van der Waals surface area contributed by atoms with E-state index < -0.39 is 17.3 Å². The minimum Gasteiger partial charge on any atom is -0.480 e. The predicted octanol–water partition coefficient (Wildman–Crippen LogP) is 4.05. The fourth-order valence-corrected chi connectivity index (χ4v) is 6.57. The monoisotopic (exact) mass is 438 g/mol. The number of hydrogen-bond donors (Lipinski definition) is 3. The summed E-state index contributed by atoms with van der Waals surface area (Å²) >= 11 is 0. The van der Waals surface area contributed by atoms with Crippen LogP contribution in [0.4, 0.5) is 5.69 Å². The van der Waals surface area contributed by atoms with Gasteiger partial charge in [-0.05, 0) is 56.1 Å². The highest BCUT2D eigenvalue weighted by atomic mass is 16.4. The maximum atomic E-state index is 13.3. The number of aliphatic carboxylic acids is 1. The molecule has 32 heavy (non-hydrogen) atoms. The summed E-state index contributed by atoms with van der Waals surface area (Å²) in [4.78, 5) is 39.5. The van der Waals surface area contributed by atoms with E-state index in [-0.39, 0.29) is 42.0 Å². The summed E-state index contributed by atoms with van der Waals surface area (Å²) in [5.74, 6) is -2.29. The summed E-state index contributed by atoms with van der Waals surface area (Å²) in [5.41, 5.74) is 0.479. The summed E-state index contributed by atoms with van der Waals surface area (Å²) in [5, 5.41) is 17.7. The van der Waals surface area contributed by atoms with Crippen molar-refractivity contribution in [3.05, 3.63) is 29.8 Å². The highest BCUT2D eigenvalue weighted by Gasteiger charge is 2.57. The molecule has 0 bridgehead atoms. The van der Waals surface area contributed by atoms with Crippen molar-refractivity contribution in [3.8, 4) is 0 Å². The van der Waals surface area contributed by atoms with Gasteiger partial charge in [-0.3, -0.25) is 19.7 Å². The normalized spacial score (nSPS) is 29.3. The molecule has 6 nitrogen and oxygen atoms in total. The lowest BCUT2D eigenvalue weighted by Gasteiger charge is -2.47. The number of carbonyl (C=O) groups excluding carboxylic acids is 2. The van der Waals surface area contributed by atoms with Gasteiger partial charge in [0.2, 0.25) is 11.6 Å². The van der Waals surface area contributed by atoms with Crippen LogP contribution in [0.2, 0.25) is 0 Å². The van der Waals surface area contributed by atoms with Gasteiger partial charge < -0.3 is 10.4 Å². The zero-order valence-electron chi connectivity index (χ0n) is 18.6. The third-order valence-electron chi connectivity index (χ3n) is 8.28. The van der Waals surface area contributed by atoms with Gasteiger partial charge in [-0.2, -0.15) is 0 Å². The SMILES string of the molecule is O=C(CC(NC1CC1)(C(=O)O)C1c2ccccc2N[C@@H]2CCC[C@H]12)C(=O)C1CCCCC1. The molecule has 3 aliphatic carbocycles. The van der Waals surface area contributed by atoms with Gasteiger partial charge in [0.1, 0.15) is 5.54 Å². The smallest absolute Gasteiger partial charge is 0.325 e. The second kappa shape index (κ2) is 8.62. The first-order valence-corrected chi connectivity index (χ1v) is 12.4. The molecule has 0 spiro atoms. The van der Waals surface area contributed by atoms with E-state index >= 15 is 0 Å². The fourth-order valence-electron chi connectivity index (χ4n) is 6.57. The number of benzene rings is 1. The first-order valence-electron chi connectivity index (χ1n) is 12.4. The second-order valence-corrected chi connectivity index (χ2v) is 10.4. The molecule has 5 rings (SSSR count). The Bertz CT molecular complexity index is 905. The fraction of sp³-hybridized carbons (Fsp3) is 0.654. The van der Waals surface area contributed by atoms with E-state index in [0.717, 1.165) is 75.5 Å². The van der Waals surface area contributed by atoms with Crippen molar-refractivity contribution in [2.45, 2.75) is 94.2 Å². The van der Waals surface area contributed by atoms with E-state index in [2.05, 4.69) is 10.6 Å². The Morgan fingerprint density at radius 2 is 1.72 bits per heavy atom. The van der Waals surface area contributed by atoms with Crippen molar-refractivity contribution in [2.24, 2.45) is 11.8 Å². The zero-order valence-corrected chi connectivity index (χ0v) is 18.6. The largest absolute Gasteiger partial charge is 0.480 e. The molecule has 0 aromatic heterocycles. The number of nitrogens with one attached hydrogen (secondary N) is 2. The first-order chi connectivity index (χ1) is 15.5. The van der Waals surface area contributed by atoms with Gasteiger partial charge in [0.05, 0.1) is 0 Å². The van der Waals surface area contributed by atoms with E-state index in [9.17, 15) is 19.5 Å². The average Bonchev–Trinajstić information content (AvgIpc) is 3.50. The molecule has 0 saturated heterocycles. The number of carboxylic acid groups (broad SMARTS) is 1. The Hall–Kier alpha value is -2.21. The molecule has 3 saturated carbocycles. The highest BCUT2D eigenvalue weighted by Crippen LogP contribution is 2.52. The van der Waals surface area contributed by atoms with Gasteiger partial charge in [-0.25, -0.2) is 0 Å². The number of carboxylic acids is 1. The number of carbonyl (C=O) groups is 3. The van der Waals surface area contributed by atoms with Crippen molar-refractivity contribution >= 4 is 23.2 Å². The maximum absolute atomic E-state index is 13.3. The van der Waals surface area contributed by atoms with Crippen LogP contribution >= 0.6 is 0 Å². The summed E-state index contributed by atoms with van der Waals surface area (Å²) in [6, 6.07) is 8.23. The predicted molar refractivity (Wildman–Crippen MR) is 122 cm³/mol. The van der Waals surface area contributed by atoms with Crippen LogP contribution in [0.25, 0.3) is 0 Å². The molecular formula is C26H34N2O4. The standard InChI is InChI=1S/C26H34N2O4/c29-22(24(30)16-7-2-1-3-8-16)15-26(25(31)32,28-17-13-14-17)23-18-9-4-5-11-20(18)27-21-12-6-10-19(21)23/h4-5,9,11,16-17,19,21,23,27-28H,1-3,6-8,10,12-15H2,(H,31,32)/t19-,21+,23?,26?/m0/s1. The molecule has 0 radical (unpaired) electrons. The molecule has 172 valence electrons. The molecule has 0 amide bonds. The maximum Gasteiger partial charge on any atom is 0.325 e. The number of fused-ring (bicyclic) bond motifs is 2. The van der Waals surface area contributed by atoms with Crippen molar-refractivity contribution in [2.75, 3.05) is 5.32 Å². The van der Waals surface area contributed by atoms with Gasteiger partial charge in [0, 0.05) is 36.0 Å². The third kappa shape index (κ3) is 3.87. The number of rotatable bonds is 8. The van der Waals surface area contributed by atoms with E-state index in [4.69, 9.17) is 0 Å². The third-order valence-corrected chi connectivity index (χ3v) is 8.28. The lowest BCUT2D eigenvalue weighted by atomic mass is 9.65. The Kier molecular flexibility index (Phi) is 5.82. The van der Waals surface area contributed by atoms with E-state index in [1.54, 1.807) is 0 Å². The summed E-state index contributed by atoms with van der Waals surface area (Å²) in [6.45, 7) is 0. The number of para-hydroxylation sites is 1.